The first-order valence-electron chi connectivity index (χ1n) is 10.6. The monoisotopic (exact) mass is 479 g/mol. The van der Waals surface area contributed by atoms with Crippen molar-refractivity contribution in [1.82, 2.24) is 19.9 Å². The number of H-pyrrole nitrogens is 1. The first-order chi connectivity index (χ1) is 16.7. The van der Waals surface area contributed by atoms with Gasteiger partial charge in [-0.2, -0.15) is 0 Å². The molecule has 0 saturated carbocycles. The highest BCUT2D eigenvalue weighted by atomic mass is 16.5. The van der Waals surface area contributed by atoms with E-state index in [1.54, 1.807) is 30.5 Å². The fraction of sp³-hybridized carbons (Fsp3) is 0.227. The number of benzene rings is 1. The number of ether oxygens (including phenoxy) is 1. The largest absolute Gasteiger partial charge is 0.380 e. The molecule has 2 atom stereocenters. The molecule has 0 aliphatic carbocycles. The van der Waals surface area contributed by atoms with Crippen LogP contribution < -0.4 is 21.5 Å². The van der Waals surface area contributed by atoms with Gasteiger partial charge in [-0.3, -0.25) is 19.3 Å². The fourth-order valence-corrected chi connectivity index (χ4v) is 3.80. The molecule has 1 unspecified atom stereocenters. The van der Waals surface area contributed by atoms with E-state index in [4.69, 9.17) is 15.0 Å². The normalized spacial score (nSPS) is 17.9. The third-order valence-electron chi connectivity index (χ3n) is 5.69. The molecule has 1 aliphatic heterocycles. The Morgan fingerprint density at radius 3 is 2.91 bits per heavy atom. The van der Waals surface area contributed by atoms with Crippen LogP contribution in [0.4, 0.5) is 17.3 Å². The van der Waals surface area contributed by atoms with Gasteiger partial charge in [-0.25, -0.2) is 4.68 Å². The van der Waals surface area contributed by atoms with Gasteiger partial charge in [0.2, 0.25) is 5.56 Å². The number of aromatic nitrogens is 4. The fourth-order valence-electron chi connectivity index (χ4n) is 3.80. The predicted octanol–water partition coefficient (Wildman–Crippen LogP) is 0.405. The zero-order valence-electron chi connectivity index (χ0n) is 18.5. The number of amides is 2. The number of nitrogens with zero attached hydrogens (tertiary/aromatic N) is 4. The van der Waals surface area contributed by atoms with Crippen LogP contribution >= 0.6 is 0 Å². The Balaban J connectivity index is 1.34. The van der Waals surface area contributed by atoms with Crippen LogP contribution in [0.15, 0.2) is 58.1 Å². The Hall–Kier alpha value is -4.49. The number of fused-ring (bicyclic) bond motifs is 1. The maximum Gasteiger partial charge on any atom is 0.260 e. The minimum absolute atomic E-state index is 0.0704. The average molecular weight is 479 g/mol. The number of nitrogens with one attached hydrogen (secondary N) is 2. The summed E-state index contributed by atoms with van der Waals surface area (Å²) in [5.41, 5.74) is 4.37. The van der Waals surface area contributed by atoms with Crippen LogP contribution in [0.1, 0.15) is 6.92 Å². The number of hydrogen-bond acceptors (Lipinski definition) is 9. The molecule has 1 fully saturated rings. The number of hydrogen-bond donors (Lipinski definition) is 4. The molecular formula is C22H21N7O6. The summed E-state index contributed by atoms with van der Waals surface area (Å²) in [6.07, 6.45) is 1.60. The van der Waals surface area contributed by atoms with Crippen molar-refractivity contribution in [3.05, 3.63) is 59.1 Å². The van der Waals surface area contributed by atoms with Crippen molar-refractivity contribution >= 4 is 40.1 Å². The number of morpholine rings is 1. The average Bonchev–Trinajstić information content (AvgIpc) is 3.46. The minimum Gasteiger partial charge on any atom is -0.380 e. The maximum absolute atomic E-state index is 13.2. The minimum atomic E-state index is -2.21. The summed E-state index contributed by atoms with van der Waals surface area (Å²) >= 11 is 0. The number of pyridine rings is 1. The van der Waals surface area contributed by atoms with E-state index in [-0.39, 0.29) is 30.3 Å². The summed E-state index contributed by atoms with van der Waals surface area (Å²) in [5, 5.41) is 22.2. The molecule has 35 heavy (non-hydrogen) atoms. The Labute approximate surface area is 197 Å². The van der Waals surface area contributed by atoms with E-state index in [0.29, 0.717) is 22.3 Å². The number of nitrogen functional groups attached to an aromatic ring is 1. The SMILES string of the molecule is CC(O)(C(=O)Nc1ccc2c(N)noc2c1)[C@H]1OCCN(c2ccn(-c3cc[nH]c(=O)c3)n2)C1=O. The quantitative estimate of drug-likeness (QED) is 0.315. The number of aliphatic hydroxyl groups is 1. The lowest BCUT2D eigenvalue weighted by Crippen LogP contribution is -2.61. The molecule has 4 aromatic rings. The predicted molar refractivity (Wildman–Crippen MR) is 124 cm³/mol. The van der Waals surface area contributed by atoms with Gasteiger partial charge in [-0.1, -0.05) is 5.16 Å². The zero-order valence-corrected chi connectivity index (χ0v) is 18.5. The van der Waals surface area contributed by atoms with Gasteiger partial charge in [0.15, 0.2) is 28.9 Å². The van der Waals surface area contributed by atoms with E-state index in [9.17, 15) is 19.5 Å². The number of anilines is 3. The van der Waals surface area contributed by atoms with Crippen molar-refractivity contribution in [2.24, 2.45) is 0 Å². The van der Waals surface area contributed by atoms with Gasteiger partial charge in [-0.15, -0.1) is 5.10 Å². The molecule has 1 saturated heterocycles. The van der Waals surface area contributed by atoms with Gasteiger partial charge < -0.3 is 30.4 Å². The van der Waals surface area contributed by atoms with Crippen molar-refractivity contribution < 1.29 is 24.0 Å². The lowest BCUT2D eigenvalue weighted by atomic mass is 9.95. The van der Waals surface area contributed by atoms with Crippen LogP contribution in [0, 0.1) is 0 Å². The van der Waals surface area contributed by atoms with Crippen molar-refractivity contribution in [1.29, 1.82) is 0 Å². The molecule has 0 bridgehead atoms. The number of aromatic amines is 1. The van der Waals surface area contributed by atoms with Crippen LogP contribution in [-0.2, 0) is 14.3 Å². The van der Waals surface area contributed by atoms with Gasteiger partial charge in [0.05, 0.1) is 24.2 Å². The molecule has 13 nitrogen and oxygen atoms in total. The summed E-state index contributed by atoms with van der Waals surface area (Å²) in [4.78, 5) is 41.6. The second-order valence-corrected chi connectivity index (χ2v) is 8.15. The number of carbonyl (C=O) groups is 2. The maximum atomic E-state index is 13.2. The zero-order chi connectivity index (χ0) is 24.7. The molecule has 0 radical (unpaired) electrons. The molecule has 1 aromatic carbocycles. The van der Waals surface area contributed by atoms with Gasteiger partial charge in [0.1, 0.15) is 0 Å². The third-order valence-corrected chi connectivity index (χ3v) is 5.69. The molecule has 13 heteroatoms. The van der Waals surface area contributed by atoms with Gasteiger partial charge in [0, 0.05) is 36.3 Å². The highest BCUT2D eigenvalue weighted by Crippen LogP contribution is 2.27. The van der Waals surface area contributed by atoms with E-state index in [2.05, 4.69) is 20.6 Å². The lowest BCUT2D eigenvalue weighted by molar-refractivity contribution is -0.165. The molecule has 180 valence electrons. The van der Waals surface area contributed by atoms with Crippen molar-refractivity contribution in [3.63, 3.8) is 0 Å². The van der Waals surface area contributed by atoms with Gasteiger partial charge >= 0.3 is 0 Å². The lowest BCUT2D eigenvalue weighted by Gasteiger charge is -2.37. The first-order valence-corrected chi connectivity index (χ1v) is 10.6. The van der Waals surface area contributed by atoms with Crippen LogP contribution in [0.5, 0.6) is 0 Å². The van der Waals surface area contributed by atoms with Crippen molar-refractivity contribution in [3.8, 4) is 5.69 Å². The highest BCUT2D eigenvalue weighted by Gasteiger charge is 2.48. The van der Waals surface area contributed by atoms with Crippen LogP contribution in [0.3, 0.4) is 0 Å². The molecular weight excluding hydrogens is 458 g/mol. The Morgan fingerprint density at radius 1 is 1.29 bits per heavy atom. The van der Waals surface area contributed by atoms with Crippen molar-refractivity contribution in [2.75, 3.05) is 29.1 Å². The molecule has 4 heterocycles. The first kappa shape index (κ1) is 22.3. The van der Waals surface area contributed by atoms with Crippen LogP contribution in [0.2, 0.25) is 0 Å². The molecule has 5 rings (SSSR count). The standard InChI is InChI=1S/C22H21N7O6/c1-22(33,21(32)25-12-2-3-14-15(10-12)35-27-19(14)23)18-20(31)28(8-9-34-18)16-5-7-29(26-16)13-4-6-24-17(30)11-13/h2-7,10-11,18,33H,8-9H2,1H3,(H2,23,27)(H,24,30)(H,25,32)/t18-,22?/m0/s1. The van der Waals surface area contributed by atoms with E-state index < -0.39 is 23.5 Å². The van der Waals surface area contributed by atoms with Crippen molar-refractivity contribution in [2.45, 2.75) is 18.6 Å². The molecule has 1 aliphatic rings. The molecule has 2 amide bonds. The summed E-state index contributed by atoms with van der Waals surface area (Å²) in [6, 6.07) is 9.30. The van der Waals surface area contributed by atoms with Crippen LogP contribution in [0.25, 0.3) is 16.7 Å². The second kappa shape index (κ2) is 8.38. The number of carbonyl (C=O) groups excluding carboxylic acids is 2. The smallest absolute Gasteiger partial charge is 0.260 e. The Kier molecular flexibility index (Phi) is 5.34. The Morgan fingerprint density at radius 2 is 2.11 bits per heavy atom. The van der Waals surface area contributed by atoms with Gasteiger partial charge in [0.25, 0.3) is 11.8 Å². The summed E-state index contributed by atoms with van der Waals surface area (Å²) < 4.78 is 12.1. The van der Waals surface area contributed by atoms with E-state index in [1.165, 1.54) is 34.8 Å². The molecule has 0 spiro atoms. The van der Waals surface area contributed by atoms with E-state index in [1.807, 2.05) is 0 Å². The van der Waals surface area contributed by atoms with Crippen LogP contribution in [-0.4, -0.2) is 61.7 Å². The number of nitrogens with two attached hydrogens (primary N) is 1. The van der Waals surface area contributed by atoms with E-state index in [0.717, 1.165) is 0 Å². The topological polar surface area (TPSA) is 182 Å². The summed E-state index contributed by atoms with van der Waals surface area (Å²) in [5.74, 6) is -0.981. The Bertz CT molecular complexity index is 1490. The highest BCUT2D eigenvalue weighted by molar-refractivity contribution is 6.06. The second-order valence-electron chi connectivity index (χ2n) is 8.15. The molecule has 3 aromatic heterocycles. The third kappa shape index (κ3) is 4.02. The molecule has 5 N–H and O–H groups in total. The summed E-state index contributed by atoms with van der Waals surface area (Å²) in [6.45, 7) is 1.44. The summed E-state index contributed by atoms with van der Waals surface area (Å²) in [7, 11) is 0. The van der Waals surface area contributed by atoms with Gasteiger partial charge in [-0.05, 0) is 25.1 Å². The van der Waals surface area contributed by atoms with E-state index >= 15 is 0 Å². The number of rotatable bonds is 5.